The smallest absolute Gasteiger partial charge is 0.272 e. The van der Waals surface area contributed by atoms with Crippen LogP contribution < -0.4 is 10.6 Å². The summed E-state index contributed by atoms with van der Waals surface area (Å²) in [7, 11) is 0. The molecule has 0 unspecified atom stereocenters. The van der Waals surface area contributed by atoms with E-state index in [1.54, 1.807) is 18.2 Å². The minimum atomic E-state index is -1.07. The van der Waals surface area contributed by atoms with Gasteiger partial charge in [0.1, 0.15) is 11.7 Å². The summed E-state index contributed by atoms with van der Waals surface area (Å²) in [6.07, 6.45) is 1.34. The molecule has 3 rings (SSSR count). The van der Waals surface area contributed by atoms with Crippen molar-refractivity contribution >= 4 is 22.8 Å². The van der Waals surface area contributed by atoms with Crippen molar-refractivity contribution in [2.24, 2.45) is 0 Å². The lowest BCUT2D eigenvalue weighted by molar-refractivity contribution is -0.124. The van der Waals surface area contributed by atoms with Gasteiger partial charge in [-0.05, 0) is 17.7 Å². The molecule has 2 amide bonds. The summed E-state index contributed by atoms with van der Waals surface area (Å²) in [5, 5.41) is 14.6. The van der Waals surface area contributed by atoms with E-state index in [-0.39, 0.29) is 5.69 Å². The molecule has 0 aliphatic carbocycles. The maximum Gasteiger partial charge on any atom is 0.272 e. The quantitative estimate of drug-likeness (QED) is 0.616. The summed E-state index contributed by atoms with van der Waals surface area (Å²) in [5.41, 5.74) is 2.25. The molecule has 1 heterocycles. The third-order valence-electron chi connectivity index (χ3n) is 3.80. The molecule has 0 saturated heterocycles. The van der Waals surface area contributed by atoms with E-state index in [0.29, 0.717) is 17.6 Å². The Morgan fingerprint density at radius 3 is 2.42 bits per heavy atom. The molecule has 0 radical (unpaired) electrons. The Balaban J connectivity index is 1.64. The van der Waals surface area contributed by atoms with Crippen LogP contribution in [0.4, 0.5) is 0 Å². The maximum atomic E-state index is 12.3. The number of carbonyl (C=O) groups is 2. The lowest BCUT2D eigenvalue weighted by Gasteiger charge is -2.16. The number of nitrogens with zero attached hydrogens (tertiary/aromatic N) is 2. The summed E-state index contributed by atoms with van der Waals surface area (Å²) in [6.45, 7) is -0.213. The first-order chi connectivity index (χ1) is 12.7. The summed E-state index contributed by atoms with van der Waals surface area (Å²) in [5.74, 6) is -1.05. The highest BCUT2D eigenvalue weighted by atomic mass is 16.3. The van der Waals surface area contributed by atoms with Crippen molar-refractivity contribution in [2.75, 3.05) is 6.61 Å². The van der Waals surface area contributed by atoms with Crippen LogP contribution in [-0.4, -0.2) is 39.5 Å². The zero-order valence-electron chi connectivity index (χ0n) is 13.9. The van der Waals surface area contributed by atoms with Crippen LogP contribution in [0.1, 0.15) is 16.1 Å². The van der Waals surface area contributed by atoms with E-state index < -0.39 is 24.5 Å². The highest BCUT2D eigenvalue weighted by molar-refractivity contribution is 5.97. The van der Waals surface area contributed by atoms with Gasteiger partial charge in [-0.2, -0.15) is 0 Å². The van der Waals surface area contributed by atoms with E-state index in [2.05, 4.69) is 20.6 Å². The number of aromatic nitrogens is 2. The molecule has 0 aliphatic rings. The predicted molar refractivity (Wildman–Crippen MR) is 96.2 cm³/mol. The Bertz CT molecular complexity index is 915. The maximum absolute atomic E-state index is 12.3. The summed E-state index contributed by atoms with van der Waals surface area (Å²) in [4.78, 5) is 32.9. The van der Waals surface area contributed by atoms with Crippen LogP contribution in [-0.2, 0) is 11.3 Å². The molecule has 0 saturated carbocycles. The minimum Gasteiger partial charge on any atom is -0.394 e. The SMILES string of the molecule is O=C(N[C@@H](CO)C(=O)NCc1ccccc1)c1cnc2ccccc2n1. The number of hydrogen-bond acceptors (Lipinski definition) is 5. The van der Waals surface area contributed by atoms with Gasteiger partial charge < -0.3 is 15.7 Å². The van der Waals surface area contributed by atoms with Crippen LogP contribution in [0.25, 0.3) is 11.0 Å². The van der Waals surface area contributed by atoms with Gasteiger partial charge in [-0.25, -0.2) is 4.98 Å². The molecule has 26 heavy (non-hydrogen) atoms. The number of fused-ring (bicyclic) bond motifs is 1. The number of nitrogens with one attached hydrogen (secondary N) is 2. The van der Waals surface area contributed by atoms with Crippen molar-refractivity contribution in [3.63, 3.8) is 0 Å². The molecule has 3 aromatic rings. The second-order valence-corrected chi connectivity index (χ2v) is 5.66. The van der Waals surface area contributed by atoms with Gasteiger partial charge in [0, 0.05) is 6.54 Å². The third kappa shape index (κ3) is 4.20. The highest BCUT2D eigenvalue weighted by Crippen LogP contribution is 2.08. The number of benzene rings is 2. The van der Waals surface area contributed by atoms with Crippen molar-refractivity contribution in [2.45, 2.75) is 12.6 Å². The fourth-order valence-corrected chi connectivity index (χ4v) is 2.40. The van der Waals surface area contributed by atoms with Crippen LogP contribution in [0.3, 0.4) is 0 Å². The topological polar surface area (TPSA) is 104 Å². The summed E-state index contributed by atoms with van der Waals surface area (Å²) >= 11 is 0. The van der Waals surface area contributed by atoms with Crippen LogP contribution >= 0.6 is 0 Å². The fraction of sp³-hybridized carbons (Fsp3) is 0.158. The molecule has 1 aromatic heterocycles. The van der Waals surface area contributed by atoms with Crippen LogP contribution in [0.15, 0.2) is 60.8 Å². The fourth-order valence-electron chi connectivity index (χ4n) is 2.40. The van der Waals surface area contributed by atoms with Crippen LogP contribution in [0.5, 0.6) is 0 Å². The Morgan fingerprint density at radius 1 is 1.00 bits per heavy atom. The molecule has 1 atom stereocenters. The molecule has 0 fully saturated rings. The number of para-hydroxylation sites is 2. The van der Waals surface area contributed by atoms with E-state index in [1.807, 2.05) is 36.4 Å². The minimum absolute atomic E-state index is 0.0815. The standard InChI is InChI=1S/C19H18N4O3/c24-12-17(18(25)21-10-13-6-2-1-3-7-13)23-19(26)16-11-20-14-8-4-5-9-15(14)22-16/h1-9,11,17,24H,10,12H2,(H,21,25)(H,23,26)/t17-/m0/s1. The second-order valence-electron chi connectivity index (χ2n) is 5.66. The molecular weight excluding hydrogens is 332 g/mol. The van der Waals surface area contributed by atoms with Crippen molar-refractivity contribution < 1.29 is 14.7 Å². The average Bonchev–Trinajstić information content (AvgIpc) is 2.70. The molecule has 0 bridgehead atoms. The number of carbonyl (C=O) groups excluding carboxylic acids is 2. The van der Waals surface area contributed by atoms with Crippen molar-refractivity contribution in [3.05, 3.63) is 72.1 Å². The third-order valence-corrected chi connectivity index (χ3v) is 3.80. The number of amides is 2. The first kappa shape index (κ1) is 17.5. The molecular formula is C19H18N4O3. The van der Waals surface area contributed by atoms with Gasteiger partial charge in [-0.3, -0.25) is 14.6 Å². The van der Waals surface area contributed by atoms with Crippen molar-refractivity contribution in [3.8, 4) is 0 Å². The van der Waals surface area contributed by atoms with Crippen molar-refractivity contribution in [1.82, 2.24) is 20.6 Å². The number of aliphatic hydroxyl groups is 1. The summed E-state index contributed by atoms with van der Waals surface area (Å²) in [6, 6.07) is 15.5. The Kier molecular flexibility index (Phi) is 5.50. The van der Waals surface area contributed by atoms with Gasteiger partial charge in [0.25, 0.3) is 5.91 Å². The summed E-state index contributed by atoms with van der Waals surface area (Å²) < 4.78 is 0. The molecule has 3 N–H and O–H groups in total. The average molecular weight is 350 g/mol. The van der Waals surface area contributed by atoms with Gasteiger partial charge in [-0.15, -0.1) is 0 Å². The van der Waals surface area contributed by atoms with Crippen molar-refractivity contribution in [1.29, 1.82) is 0 Å². The molecule has 0 spiro atoms. The van der Waals surface area contributed by atoms with E-state index in [1.165, 1.54) is 6.20 Å². The lowest BCUT2D eigenvalue weighted by Crippen LogP contribution is -2.48. The molecule has 132 valence electrons. The molecule has 2 aromatic carbocycles. The van der Waals surface area contributed by atoms with Crippen LogP contribution in [0, 0.1) is 0 Å². The zero-order chi connectivity index (χ0) is 18.4. The Hall–Kier alpha value is -3.32. The Labute approximate surface area is 150 Å². The van der Waals surface area contributed by atoms with E-state index in [9.17, 15) is 14.7 Å². The largest absolute Gasteiger partial charge is 0.394 e. The number of aliphatic hydroxyl groups excluding tert-OH is 1. The second kappa shape index (κ2) is 8.17. The first-order valence-corrected chi connectivity index (χ1v) is 8.12. The number of hydrogen-bond donors (Lipinski definition) is 3. The first-order valence-electron chi connectivity index (χ1n) is 8.12. The van der Waals surface area contributed by atoms with Gasteiger partial charge in [0.2, 0.25) is 5.91 Å². The highest BCUT2D eigenvalue weighted by Gasteiger charge is 2.21. The molecule has 7 heteroatoms. The van der Waals surface area contributed by atoms with Gasteiger partial charge in [0.05, 0.1) is 23.8 Å². The van der Waals surface area contributed by atoms with E-state index >= 15 is 0 Å². The molecule has 7 nitrogen and oxygen atoms in total. The van der Waals surface area contributed by atoms with E-state index in [4.69, 9.17) is 0 Å². The van der Waals surface area contributed by atoms with Gasteiger partial charge in [-0.1, -0.05) is 42.5 Å². The predicted octanol–water partition coefficient (Wildman–Crippen LogP) is 1.04. The lowest BCUT2D eigenvalue weighted by atomic mass is 10.2. The van der Waals surface area contributed by atoms with Gasteiger partial charge >= 0.3 is 0 Å². The molecule has 0 aliphatic heterocycles. The number of rotatable bonds is 6. The normalized spacial score (nSPS) is 11.7. The zero-order valence-corrected chi connectivity index (χ0v) is 13.9. The van der Waals surface area contributed by atoms with E-state index in [0.717, 1.165) is 5.56 Å². The van der Waals surface area contributed by atoms with Crippen LogP contribution in [0.2, 0.25) is 0 Å². The Morgan fingerprint density at radius 2 is 1.69 bits per heavy atom. The van der Waals surface area contributed by atoms with Gasteiger partial charge in [0.15, 0.2) is 0 Å². The monoisotopic (exact) mass is 350 g/mol.